The molecule has 0 fully saturated rings. The Bertz CT molecular complexity index is 1200. The number of methoxy groups -OCH3 is 1. The van der Waals surface area contributed by atoms with Crippen LogP contribution in [0.1, 0.15) is 17.5 Å². The summed E-state index contributed by atoms with van der Waals surface area (Å²) in [5.74, 6) is 0.991. The number of aromatic nitrogens is 1. The summed E-state index contributed by atoms with van der Waals surface area (Å²) in [6, 6.07) is 15.5. The fourth-order valence-electron chi connectivity index (χ4n) is 3.74. The van der Waals surface area contributed by atoms with E-state index in [1.807, 2.05) is 35.4 Å². The Balaban J connectivity index is 1.42. The highest BCUT2D eigenvalue weighted by molar-refractivity contribution is 5.95. The van der Waals surface area contributed by atoms with E-state index in [9.17, 15) is 4.79 Å². The van der Waals surface area contributed by atoms with Gasteiger partial charge in [-0.1, -0.05) is 30.3 Å². The lowest BCUT2D eigenvalue weighted by Gasteiger charge is -2.25. The number of para-hydroxylation sites is 1. The molecule has 6 heteroatoms. The fraction of sp³-hybridized carbons (Fsp3) is 0.200. The van der Waals surface area contributed by atoms with E-state index >= 15 is 0 Å². The van der Waals surface area contributed by atoms with E-state index in [0.29, 0.717) is 24.6 Å². The number of nitrogens with one attached hydrogen (secondary N) is 1. The maximum absolute atomic E-state index is 12.7. The number of benzene rings is 2. The lowest BCUT2D eigenvalue weighted by molar-refractivity contribution is -0.125. The summed E-state index contributed by atoms with van der Waals surface area (Å²) in [6.07, 6.45) is 8.34. The van der Waals surface area contributed by atoms with E-state index in [-0.39, 0.29) is 12.5 Å². The molecule has 31 heavy (non-hydrogen) atoms. The van der Waals surface area contributed by atoms with Gasteiger partial charge in [-0.15, -0.1) is 0 Å². The van der Waals surface area contributed by atoms with Crippen LogP contribution in [0.5, 0.6) is 11.5 Å². The van der Waals surface area contributed by atoms with Gasteiger partial charge in [-0.3, -0.25) is 4.79 Å². The fourth-order valence-corrected chi connectivity index (χ4v) is 3.74. The van der Waals surface area contributed by atoms with Crippen molar-refractivity contribution in [3.63, 3.8) is 0 Å². The van der Waals surface area contributed by atoms with E-state index in [0.717, 1.165) is 17.5 Å². The largest absolute Gasteiger partial charge is 0.493 e. The Labute approximate surface area is 181 Å². The van der Waals surface area contributed by atoms with Gasteiger partial charge in [0.05, 0.1) is 7.11 Å². The van der Waals surface area contributed by atoms with Crippen LogP contribution in [0.2, 0.25) is 0 Å². The van der Waals surface area contributed by atoms with Gasteiger partial charge in [0.15, 0.2) is 18.1 Å². The van der Waals surface area contributed by atoms with Crippen molar-refractivity contribution in [1.29, 1.82) is 5.26 Å². The third kappa shape index (κ3) is 4.46. The number of H-pyrrole nitrogens is 1. The van der Waals surface area contributed by atoms with E-state index in [1.165, 1.54) is 16.5 Å². The van der Waals surface area contributed by atoms with Gasteiger partial charge >= 0.3 is 0 Å². The highest BCUT2D eigenvalue weighted by Crippen LogP contribution is 2.30. The Morgan fingerprint density at radius 1 is 1.26 bits per heavy atom. The summed E-state index contributed by atoms with van der Waals surface area (Å²) in [5.41, 5.74) is 4.42. The van der Waals surface area contributed by atoms with Gasteiger partial charge < -0.3 is 19.4 Å². The van der Waals surface area contributed by atoms with Gasteiger partial charge in [0.1, 0.15) is 6.07 Å². The molecule has 4 rings (SSSR count). The van der Waals surface area contributed by atoms with Gasteiger partial charge in [-0.2, -0.15) is 5.26 Å². The van der Waals surface area contributed by atoms with Crippen LogP contribution in [-0.4, -0.2) is 42.6 Å². The van der Waals surface area contributed by atoms with Crippen LogP contribution in [0.4, 0.5) is 0 Å². The second kappa shape index (κ2) is 9.23. The van der Waals surface area contributed by atoms with Gasteiger partial charge in [-0.05, 0) is 41.8 Å². The molecule has 6 nitrogen and oxygen atoms in total. The second-order valence-electron chi connectivity index (χ2n) is 7.20. The Kier molecular flexibility index (Phi) is 6.04. The SMILES string of the molecule is COc1cc(/C=C/C(=O)N2CC=C(c3c[nH]c4ccccc34)CC2)ccc1OCC#N. The second-order valence-corrected chi connectivity index (χ2v) is 7.20. The minimum absolute atomic E-state index is 0.0296. The average Bonchev–Trinajstić information content (AvgIpc) is 3.25. The molecule has 2 heterocycles. The van der Waals surface area contributed by atoms with Crippen molar-refractivity contribution in [1.82, 2.24) is 9.88 Å². The van der Waals surface area contributed by atoms with Crippen molar-refractivity contribution >= 4 is 28.5 Å². The van der Waals surface area contributed by atoms with Crippen LogP contribution in [0.3, 0.4) is 0 Å². The zero-order valence-corrected chi connectivity index (χ0v) is 17.3. The third-order valence-corrected chi connectivity index (χ3v) is 5.35. The molecular formula is C25H23N3O3. The van der Waals surface area contributed by atoms with Crippen LogP contribution >= 0.6 is 0 Å². The smallest absolute Gasteiger partial charge is 0.246 e. The summed E-state index contributed by atoms with van der Waals surface area (Å²) in [4.78, 5) is 17.8. The summed E-state index contributed by atoms with van der Waals surface area (Å²) >= 11 is 0. The van der Waals surface area contributed by atoms with Gasteiger partial charge in [-0.25, -0.2) is 0 Å². The Morgan fingerprint density at radius 3 is 2.90 bits per heavy atom. The van der Waals surface area contributed by atoms with Gasteiger partial charge in [0, 0.05) is 41.8 Å². The molecule has 0 spiro atoms. The Hall–Kier alpha value is -3.98. The van der Waals surface area contributed by atoms with E-state index in [1.54, 1.807) is 31.4 Å². The zero-order valence-electron chi connectivity index (χ0n) is 17.3. The van der Waals surface area contributed by atoms with Crippen LogP contribution < -0.4 is 9.47 Å². The number of hydrogen-bond acceptors (Lipinski definition) is 4. The van der Waals surface area contributed by atoms with Crippen molar-refractivity contribution in [2.45, 2.75) is 6.42 Å². The molecule has 0 saturated carbocycles. The maximum atomic E-state index is 12.7. The molecule has 1 aliphatic heterocycles. The monoisotopic (exact) mass is 413 g/mol. The molecule has 0 aliphatic carbocycles. The number of rotatable bonds is 6. The van der Waals surface area contributed by atoms with Crippen molar-refractivity contribution in [3.05, 3.63) is 71.9 Å². The van der Waals surface area contributed by atoms with E-state index in [2.05, 4.69) is 23.2 Å². The lowest BCUT2D eigenvalue weighted by atomic mass is 9.99. The molecule has 0 radical (unpaired) electrons. The minimum atomic E-state index is -0.0486. The van der Waals surface area contributed by atoms with Gasteiger partial charge in [0.25, 0.3) is 0 Å². The molecule has 0 atom stereocenters. The molecule has 0 bridgehead atoms. The zero-order chi connectivity index (χ0) is 21.6. The molecule has 1 aromatic heterocycles. The normalized spacial score (nSPS) is 13.8. The van der Waals surface area contributed by atoms with Crippen molar-refractivity contribution in [2.24, 2.45) is 0 Å². The number of fused-ring (bicyclic) bond motifs is 1. The summed E-state index contributed by atoms with van der Waals surface area (Å²) in [7, 11) is 1.54. The lowest BCUT2D eigenvalue weighted by Crippen LogP contribution is -2.33. The molecule has 0 saturated heterocycles. The topological polar surface area (TPSA) is 78.3 Å². The number of ether oxygens (including phenoxy) is 2. The van der Waals surface area contributed by atoms with Crippen molar-refractivity contribution in [3.8, 4) is 17.6 Å². The number of carbonyl (C=O) groups is 1. The maximum Gasteiger partial charge on any atom is 0.246 e. The predicted octanol–water partition coefficient (Wildman–Crippen LogP) is 4.41. The first-order valence-corrected chi connectivity index (χ1v) is 10.1. The molecule has 1 aliphatic rings. The van der Waals surface area contributed by atoms with Crippen LogP contribution in [0.25, 0.3) is 22.6 Å². The standard InChI is InChI=1S/C25H23N3O3/c1-30-24-16-18(6-8-23(24)31-15-12-26)7-9-25(29)28-13-10-19(11-14-28)21-17-27-22-5-3-2-4-20(21)22/h2-10,16-17,27H,11,13-15H2,1H3/b9-7+. The van der Waals surface area contributed by atoms with E-state index in [4.69, 9.17) is 14.7 Å². The molecule has 2 aromatic carbocycles. The number of nitriles is 1. The summed E-state index contributed by atoms with van der Waals surface area (Å²) in [5, 5.41) is 9.87. The average molecular weight is 413 g/mol. The van der Waals surface area contributed by atoms with Crippen LogP contribution in [-0.2, 0) is 4.79 Å². The molecule has 0 unspecified atom stereocenters. The number of aromatic amines is 1. The molecule has 1 N–H and O–H groups in total. The minimum Gasteiger partial charge on any atom is -0.493 e. The third-order valence-electron chi connectivity index (χ3n) is 5.35. The number of nitrogens with zero attached hydrogens (tertiary/aromatic N) is 2. The molecule has 3 aromatic rings. The first-order chi connectivity index (χ1) is 15.2. The molecule has 1 amide bonds. The number of amides is 1. The molecule has 156 valence electrons. The summed E-state index contributed by atoms with van der Waals surface area (Å²) < 4.78 is 10.6. The first kappa shape index (κ1) is 20.3. The van der Waals surface area contributed by atoms with Crippen molar-refractivity contribution in [2.75, 3.05) is 26.8 Å². The Morgan fingerprint density at radius 2 is 2.13 bits per heavy atom. The van der Waals surface area contributed by atoms with Crippen LogP contribution in [0.15, 0.2) is 60.8 Å². The van der Waals surface area contributed by atoms with Crippen LogP contribution in [0, 0.1) is 11.3 Å². The highest BCUT2D eigenvalue weighted by atomic mass is 16.5. The van der Waals surface area contributed by atoms with Gasteiger partial charge in [0.2, 0.25) is 5.91 Å². The quantitative estimate of drug-likeness (QED) is 0.607. The molecular weight excluding hydrogens is 390 g/mol. The first-order valence-electron chi connectivity index (χ1n) is 10.1. The summed E-state index contributed by atoms with van der Waals surface area (Å²) in [6.45, 7) is 1.22. The predicted molar refractivity (Wildman–Crippen MR) is 121 cm³/mol. The number of carbonyl (C=O) groups excluding carboxylic acids is 1. The number of hydrogen-bond donors (Lipinski definition) is 1. The van der Waals surface area contributed by atoms with Crippen molar-refractivity contribution < 1.29 is 14.3 Å². The van der Waals surface area contributed by atoms with E-state index < -0.39 is 0 Å². The highest BCUT2D eigenvalue weighted by Gasteiger charge is 2.18.